The lowest BCUT2D eigenvalue weighted by molar-refractivity contribution is -0.137. The highest BCUT2D eigenvalue weighted by Crippen LogP contribution is 2.29. The maximum atomic E-state index is 12.2. The molecular formula is C10H11F3O. The zero-order valence-electron chi connectivity index (χ0n) is 7.67. The molecule has 0 saturated carbocycles. The number of hydrogen-bond acceptors (Lipinski definition) is 1. The quantitative estimate of drug-likeness (QED) is 0.785. The van der Waals surface area contributed by atoms with Crippen LogP contribution in [0.2, 0.25) is 0 Å². The first-order valence-electron chi connectivity index (χ1n) is 4.23. The van der Waals surface area contributed by atoms with Gasteiger partial charge in [-0.1, -0.05) is 19.1 Å². The average molecular weight is 204 g/mol. The summed E-state index contributed by atoms with van der Waals surface area (Å²) in [4.78, 5) is 0. The molecule has 1 nitrogen and oxygen atoms in total. The molecule has 0 spiro atoms. The van der Waals surface area contributed by atoms with Crippen molar-refractivity contribution in [1.29, 1.82) is 0 Å². The molecule has 0 radical (unpaired) electrons. The molecule has 14 heavy (non-hydrogen) atoms. The average Bonchev–Trinajstić information content (AvgIpc) is 2.15. The molecule has 0 heterocycles. The highest BCUT2D eigenvalue weighted by molar-refractivity contribution is 5.26. The van der Waals surface area contributed by atoms with E-state index < -0.39 is 11.7 Å². The van der Waals surface area contributed by atoms with Crippen LogP contribution in [0.1, 0.15) is 24.0 Å². The van der Waals surface area contributed by atoms with E-state index in [-0.39, 0.29) is 12.5 Å². The van der Waals surface area contributed by atoms with Gasteiger partial charge in [0, 0.05) is 12.5 Å². The van der Waals surface area contributed by atoms with E-state index >= 15 is 0 Å². The van der Waals surface area contributed by atoms with Crippen LogP contribution < -0.4 is 0 Å². The van der Waals surface area contributed by atoms with E-state index in [1.807, 2.05) is 0 Å². The molecule has 1 rings (SSSR count). The fourth-order valence-corrected chi connectivity index (χ4v) is 1.11. The highest BCUT2D eigenvalue weighted by atomic mass is 19.4. The van der Waals surface area contributed by atoms with Gasteiger partial charge in [-0.2, -0.15) is 13.2 Å². The van der Waals surface area contributed by atoms with Gasteiger partial charge >= 0.3 is 6.18 Å². The second kappa shape index (κ2) is 4.00. The van der Waals surface area contributed by atoms with Gasteiger partial charge in [0.1, 0.15) is 0 Å². The molecular weight excluding hydrogens is 193 g/mol. The van der Waals surface area contributed by atoms with E-state index in [1.165, 1.54) is 12.1 Å². The van der Waals surface area contributed by atoms with E-state index in [2.05, 4.69) is 0 Å². The first kappa shape index (κ1) is 11.0. The summed E-state index contributed by atoms with van der Waals surface area (Å²) >= 11 is 0. The Hall–Kier alpha value is -1.03. The minimum absolute atomic E-state index is 0.0641. The van der Waals surface area contributed by atoms with Gasteiger partial charge in [-0.25, -0.2) is 0 Å². The fourth-order valence-electron chi connectivity index (χ4n) is 1.11. The van der Waals surface area contributed by atoms with Crippen molar-refractivity contribution >= 4 is 0 Å². The largest absolute Gasteiger partial charge is 0.416 e. The zero-order valence-corrected chi connectivity index (χ0v) is 7.67. The number of aliphatic hydroxyl groups is 1. The van der Waals surface area contributed by atoms with E-state index in [0.717, 1.165) is 12.1 Å². The van der Waals surface area contributed by atoms with Crippen LogP contribution in [0, 0.1) is 0 Å². The molecule has 0 fully saturated rings. The Kier molecular flexibility index (Phi) is 3.16. The maximum absolute atomic E-state index is 12.2. The Balaban J connectivity index is 2.89. The summed E-state index contributed by atoms with van der Waals surface area (Å²) in [7, 11) is 0. The Bertz CT molecular complexity index is 289. The van der Waals surface area contributed by atoms with Crippen LogP contribution >= 0.6 is 0 Å². The minimum atomic E-state index is -4.29. The number of benzene rings is 1. The van der Waals surface area contributed by atoms with Crippen LogP contribution in [0.25, 0.3) is 0 Å². The first-order chi connectivity index (χ1) is 6.45. The van der Waals surface area contributed by atoms with Gasteiger partial charge in [0.15, 0.2) is 0 Å². The van der Waals surface area contributed by atoms with Crippen molar-refractivity contribution in [3.63, 3.8) is 0 Å². The number of hydrogen-bond donors (Lipinski definition) is 1. The minimum Gasteiger partial charge on any atom is -0.396 e. The lowest BCUT2D eigenvalue weighted by Crippen LogP contribution is -2.05. The second-order valence-electron chi connectivity index (χ2n) is 3.20. The van der Waals surface area contributed by atoms with Crippen molar-refractivity contribution in [3.8, 4) is 0 Å². The topological polar surface area (TPSA) is 20.2 Å². The van der Waals surface area contributed by atoms with E-state index in [9.17, 15) is 13.2 Å². The first-order valence-corrected chi connectivity index (χ1v) is 4.23. The van der Waals surface area contributed by atoms with Crippen LogP contribution in [0.3, 0.4) is 0 Å². The maximum Gasteiger partial charge on any atom is 0.416 e. The smallest absolute Gasteiger partial charge is 0.396 e. The molecule has 0 aromatic heterocycles. The van der Waals surface area contributed by atoms with Gasteiger partial charge in [-0.15, -0.1) is 0 Å². The number of aliphatic hydroxyl groups excluding tert-OH is 1. The molecule has 1 atom stereocenters. The Morgan fingerprint density at radius 2 is 1.71 bits per heavy atom. The van der Waals surface area contributed by atoms with Crippen LogP contribution in [-0.4, -0.2) is 11.7 Å². The SMILES string of the molecule is CC(CO)c1ccc(C(F)(F)F)cc1. The summed E-state index contributed by atoms with van der Waals surface area (Å²) < 4.78 is 36.5. The van der Waals surface area contributed by atoms with Crippen molar-refractivity contribution in [2.75, 3.05) is 6.61 Å². The molecule has 0 aliphatic heterocycles. The van der Waals surface area contributed by atoms with E-state index in [0.29, 0.717) is 5.56 Å². The second-order valence-corrected chi connectivity index (χ2v) is 3.20. The predicted molar refractivity (Wildman–Crippen MR) is 46.9 cm³/mol. The summed E-state index contributed by atoms with van der Waals surface area (Å²) in [5.41, 5.74) is 0.0480. The molecule has 4 heteroatoms. The predicted octanol–water partition coefficient (Wildman–Crippen LogP) is 2.80. The lowest BCUT2D eigenvalue weighted by Gasteiger charge is -2.10. The third kappa shape index (κ3) is 2.48. The lowest BCUT2D eigenvalue weighted by atomic mass is 10.0. The van der Waals surface area contributed by atoms with Crippen LogP contribution in [-0.2, 0) is 6.18 Å². The summed E-state index contributed by atoms with van der Waals surface area (Å²) in [5, 5.41) is 8.80. The highest BCUT2D eigenvalue weighted by Gasteiger charge is 2.30. The van der Waals surface area contributed by atoms with Gasteiger partial charge in [0.25, 0.3) is 0 Å². The standard InChI is InChI=1S/C10H11F3O/c1-7(6-14)8-2-4-9(5-3-8)10(11,12)13/h2-5,7,14H,6H2,1H3. The molecule has 1 N–H and O–H groups in total. The summed E-state index contributed by atoms with van der Waals surface area (Å²) in [6, 6.07) is 4.84. The molecule has 78 valence electrons. The monoisotopic (exact) mass is 204 g/mol. The normalized spacial score (nSPS) is 14.1. The summed E-state index contributed by atoms with van der Waals surface area (Å²) in [6.07, 6.45) is -4.29. The molecule has 0 bridgehead atoms. The Morgan fingerprint density at radius 3 is 2.07 bits per heavy atom. The third-order valence-corrected chi connectivity index (χ3v) is 2.08. The molecule has 0 amide bonds. The van der Waals surface area contributed by atoms with Crippen LogP contribution in [0.15, 0.2) is 24.3 Å². The van der Waals surface area contributed by atoms with Gasteiger partial charge in [-0.3, -0.25) is 0 Å². The van der Waals surface area contributed by atoms with Crippen molar-refractivity contribution in [3.05, 3.63) is 35.4 Å². The molecule has 1 aromatic rings. The van der Waals surface area contributed by atoms with Crippen molar-refractivity contribution in [1.82, 2.24) is 0 Å². The van der Waals surface area contributed by atoms with Gasteiger partial charge in [-0.05, 0) is 17.7 Å². The molecule has 1 unspecified atom stereocenters. The number of halogens is 3. The summed E-state index contributed by atoms with van der Waals surface area (Å²) in [5.74, 6) is -0.128. The van der Waals surface area contributed by atoms with Gasteiger partial charge < -0.3 is 5.11 Å². The molecule has 1 aromatic carbocycles. The molecule has 0 aliphatic carbocycles. The van der Waals surface area contributed by atoms with Crippen LogP contribution in [0.5, 0.6) is 0 Å². The van der Waals surface area contributed by atoms with Crippen molar-refractivity contribution in [2.45, 2.75) is 19.0 Å². The van der Waals surface area contributed by atoms with Crippen molar-refractivity contribution < 1.29 is 18.3 Å². The third-order valence-electron chi connectivity index (χ3n) is 2.08. The summed E-state index contributed by atoms with van der Waals surface area (Å²) in [6.45, 7) is 1.69. The van der Waals surface area contributed by atoms with Gasteiger partial charge in [0.05, 0.1) is 5.56 Å². The van der Waals surface area contributed by atoms with E-state index in [1.54, 1.807) is 6.92 Å². The Labute approximate surface area is 80.2 Å². The molecule has 0 saturated heterocycles. The van der Waals surface area contributed by atoms with Crippen LogP contribution in [0.4, 0.5) is 13.2 Å². The van der Waals surface area contributed by atoms with Gasteiger partial charge in [0.2, 0.25) is 0 Å². The zero-order chi connectivity index (χ0) is 10.8. The fraction of sp³-hybridized carbons (Fsp3) is 0.400. The van der Waals surface area contributed by atoms with E-state index in [4.69, 9.17) is 5.11 Å². The number of alkyl halides is 3. The Morgan fingerprint density at radius 1 is 1.21 bits per heavy atom. The molecule has 0 aliphatic rings. The number of rotatable bonds is 2. The van der Waals surface area contributed by atoms with Crippen molar-refractivity contribution in [2.24, 2.45) is 0 Å².